The Balaban J connectivity index is 2.14. The average molecular weight is 244 g/mol. The van der Waals surface area contributed by atoms with Gasteiger partial charge in [0, 0.05) is 18.4 Å². The summed E-state index contributed by atoms with van der Waals surface area (Å²) >= 11 is 0. The first-order chi connectivity index (χ1) is 7.87. The molecule has 0 saturated carbocycles. The Hall–Kier alpha value is -1.72. The van der Waals surface area contributed by atoms with Crippen LogP contribution in [0.2, 0.25) is 0 Å². The lowest BCUT2D eigenvalue weighted by Crippen LogP contribution is -2.21. The minimum atomic E-state index is -4.24. The lowest BCUT2D eigenvalue weighted by Gasteiger charge is -2.12. The predicted octanol–water partition coefficient (Wildman–Crippen LogP) is 2.18. The van der Waals surface area contributed by atoms with E-state index in [1.807, 2.05) is 0 Å². The molecule has 17 heavy (non-hydrogen) atoms. The number of carbonyl (C=O) groups is 1. The van der Waals surface area contributed by atoms with Crippen molar-refractivity contribution < 1.29 is 18.0 Å². The van der Waals surface area contributed by atoms with E-state index in [-0.39, 0.29) is 12.3 Å². The molecule has 3 nitrogen and oxygen atoms in total. The zero-order valence-corrected chi connectivity index (χ0v) is 9.14. The lowest BCUT2D eigenvalue weighted by atomic mass is 10.1. The number of nitrogens with one attached hydrogen (secondary N) is 1. The van der Waals surface area contributed by atoms with Gasteiger partial charge in [0.2, 0.25) is 5.91 Å². The molecular weight excluding hydrogens is 233 g/mol. The molecule has 0 saturated heterocycles. The number of alkyl halides is 3. The number of halogens is 3. The molecule has 2 rings (SSSR count). The molecule has 0 aliphatic carbocycles. The fourth-order valence-electron chi connectivity index (χ4n) is 1.78. The summed E-state index contributed by atoms with van der Waals surface area (Å²) in [4.78, 5) is 12.9. The van der Waals surface area contributed by atoms with Gasteiger partial charge in [-0.2, -0.15) is 13.2 Å². The highest BCUT2D eigenvalue weighted by atomic mass is 19.4. The first-order valence-corrected chi connectivity index (χ1v) is 5.07. The van der Waals surface area contributed by atoms with Crippen LogP contribution >= 0.6 is 0 Å². The van der Waals surface area contributed by atoms with E-state index in [1.54, 1.807) is 25.2 Å². The number of likely N-dealkylation sites (N-methyl/N-ethyl adjacent to an activating group) is 1. The molecule has 0 fully saturated rings. The van der Waals surface area contributed by atoms with Crippen LogP contribution in [0.15, 0.2) is 18.2 Å². The molecule has 0 unspecified atom stereocenters. The second kappa shape index (κ2) is 3.94. The number of benzene rings is 1. The van der Waals surface area contributed by atoms with Gasteiger partial charge in [-0.1, -0.05) is 0 Å². The molecule has 0 aromatic heterocycles. The number of carbonyl (C=O) groups excluding carboxylic acids is 1. The number of rotatable bonds is 2. The van der Waals surface area contributed by atoms with Gasteiger partial charge in [-0.05, 0) is 23.8 Å². The number of anilines is 2. The van der Waals surface area contributed by atoms with Crippen molar-refractivity contribution in [2.24, 2.45) is 0 Å². The molecule has 1 aliphatic heterocycles. The summed E-state index contributed by atoms with van der Waals surface area (Å²) in [5.41, 5.74) is 1.89. The fourth-order valence-corrected chi connectivity index (χ4v) is 1.78. The summed E-state index contributed by atoms with van der Waals surface area (Å²) < 4.78 is 36.0. The van der Waals surface area contributed by atoms with Crippen molar-refractivity contribution in [2.45, 2.75) is 12.6 Å². The molecule has 1 aliphatic rings. The smallest absolute Gasteiger partial charge is 0.376 e. The standard InChI is InChI=1S/C11H11F3N2O/c1-16-9-3-2-8(15-6-11(12,13)14)4-7(9)5-10(16)17/h2-4,15H,5-6H2,1H3. The van der Waals surface area contributed by atoms with Crippen molar-refractivity contribution in [3.63, 3.8) is 0 Å². The van der Waals surface area contributed by atoms with Crippen LogP contribution in [0.4, 0.5) is 24.5 Å². The van der Waals surface area contributed by atoms with Crippen LogP contribution in [-0.4, -0.2) is 25.7 Å². The molecule has 1 aromatic rings. The Kier molecular flexibility index (Phi) is 2.73. The summed E-state index contributed by atoms with van der Waals surface area (Å²) in [6.07, 6.45) is -4.00. The topological polar surface area (TPSA) is 32.3 Å². The quantitative estimate of drug-likeness (QED) is 0.864. The van der Waals surface area contributed by atoms with Gasteiger partial charge in [0.15, 0.2) is 0 Å². The zero-order valence-electron chi connectivity index (χ0n) is 9.14. The van der Waals surface area contributed by atoms with Crippen LogP contribution in [0.3, 0.4) is 0 Å². The molecule has 92 valence electrons. The third-order valence-electron chi connectivity index (χ3n) is 2.65. The largest absolute Gasteiger partial charge is 0.405 e. The van der Waals surface area contributed by atoms with Crippen molar-refractivity contribution in [3.05, 3.63) is 23.8 Å². The monoisotopic (exact) mass is 244 g/mol. The van der Waals surface area contributed by atoms with Crippen LogP contribution in [0.5, 0.6) is 0 Å². The third-order valence-corrected chi connectivity index (χ3v) is 2.65. The molecule has 1 heterocycles. The average Bonchev–Trinajstić information content (AvgIpc) is 2.51. The first kappa shape index (κ1) is 11.8. The van der Waals surface area contributed by atoms with Crippen LogP contribution < -0.4 is 10.2 Å². The third kappa shape index (κ3) is 2.51. The lowest BCUT2D eigenvalue weighted by molar-refractivity contribution is -0.117. The highest BCUT2D eigenvalue weighted by Crippen LogP contribution is 2.30. The molecule has 0 radical (unpaired) electrons. The summed E-state index contributed by atoms with van der Waals surface area (Å²) in [6.45, 7) is -1.07. The van der Waals surface area contributed by atoms with Gasteiger partial charge in [0.1, 0.15) is 6.54 Å². The molecule has 1 N–H and O–H groups in total. The maximum Gasteiger partial charge on any atom is 0.405 e. The van der Waals surface area contributed by atoms with Crippen molar-refractivity contribution in [1.29, 1.82) is 0 Å². The second-order valence-corrected chi connectivity index (χ2v) is 3.94. The maximum atomic E-state index is 12.0. The highest BCUT2D eigenvalue weighted by molar-refractivity contribution is 6.01. The van der Waals surface area contributed by atoms with E-state index in [9.17, 15) is 18.0 Å². The van der Waals surface area contributed by atoms with Crippen LogP contribution in [0.25, 0.3) is 0 Å². The number of hydrogen-bond donors (Lipinski definition) is 1. The minimum absolute atomic E-state index is 0.0482. The van der Waals surface area contributed by atoms with Crippen molar-refractivity contribution in [1.82, 2.24) is 0 Å². The van der Waals surface area contributed by atoms with E-state index in [2.05, 4.69) is 5.32 Å². The summed E-state index contributed by atoms with van der Waals surface area (Å²) in [5.74, 6) is -0.0482. The van der Waals surface area contributed by atoms with Gasteiger partial charge < -0.3 is 10.2 Å². The van der Waals surface area contributed by atoms with E-state index in [1.165, 1.54) is 4.90 Å². The highest BCUT2D eigenvalue weighted by Gasteiger charge is 2.27. The SMILES string of the molecule is CN1C(=O)Cc2cc(NCC(F)(F)F)ccc21. The van der Waals surface area contributed by atoms with Crippen molar-refractivity contribution in [2.75, 3.05) is 23.8 Å². The van der Waals surface area contributed by atoms with E-state index < -0.39 is 12.7 Å². The predicted molar refractivity (Wildman–Crippen MR) is 58.1 cm³/mol. The molecule has 1 aromatic carbocycles. The van der Waals surface area contributed by atoms with Gasteiger partial charge in [-0.15, -0.1) is 0 Å². The fraction of sp³-hybridized carbons (Fsp3) is 0.364. The number of fused-ring (bicyclic) bond motifs is 1. The van der Waals surface area contributed by atoms with E-state index in [0.29, 0.717) is 5.69 Å². The van der Waals surface area contributed by atoms with Gasteiger partial charge in [-0.3, -0.25) is 4.79 Å². The molecule has 0 bridgehead atoms. The first-order valence-electron chi connectivity index (χ1n) is 5.07. The Bertz CT molecular complexity index is 457. The van der Waals surface area contributed by atoms with Gasteiger partial charge in [0.05, 0.1) is 6.42 Å². The Morgan fingerprint density at radius 3 is 2.76 bits per heavy atom. The molecule has 6 heteroatoms. The zero-order chi connectivity index (χ0) is 12.6. The summed E-state index contributed by atoms with van der Waals surface area (Å²) in [6, 6.07) is 4.78. The molecule has 0 spiro atoms. The van der Waals surface area contributed by atoms with E-state index in [4.69, 9.17) is 0 Å². The number of amides is 1. The van der Waals surface area contributed by atoms with Gasteiger partial charge in [0.25, 0.3) is 0 Å². The van der Waals surface area contributed by atoms with E-state index in [0.717, 1.165) is 11.3 Å². The Morgan fingerprint density at radius 1 is 1.41 bits per heavy atom. The van der Waals surface area contributed by atoms with Crippen molar-refractivity contribution in [3.8, 4) is 0 Å². The van der Waals surface area contributed by atoms with Gasteiger partial charge in [-0.25, -0.2) is 0 Å². The number of hydrogen-bond acceptors (Lipinski definition) is 2. The Morgan fingerprint density at radius 2 is 2.12 bits per heavy atom. The molecule has 0 atom stereocenters. The normalized spacial score (nSPS) is 15.1. The molecule has 1 amide bonds. The van der Waals surface area contributed by atoms with Crippen LogP contribution in [0, 0.1) is 0 Å². The Labute approximate surface area is 96.2 Å². The summed E-state index contributed by atoms with van der Waals surface area (Å²) in [7, 11) is 1.65. The minimum Gasteiger partial charge on any atom is -0.376 e. The van der Waals surface area contributed by atoms with Crippen LogP contribution in [-0.2, 0) is 11.2 Å². The maximum absolute atomic E-state index is 12.0. The van der Waals surface area contributed by atoms with E-state index >= 15 is 0 Å². The second-order valence-electron chi connectivity index (χ2n) is 3.94. The number of nitrogens with zero attached hydrogens (tertiary/aromatic N) is 1. The summed E-state index contributed by atoms with van der Waals surface area (Å²) in [5, 5.41) is 2.29. The molecular formula is C11H11F3N2O. The van der Waals surface area contributed by atoms with Gasteiger partial charge >= 0.3 is 6.18 Å². The van der Waals surface area contributed by atoms with Crippen LogP contribution in [0.1, 0.15) is 5.56 Å². The van der Waals surface area contributed by atoms with Crippen molar-refractivity contribution >= 4 is 17.3 Å².